The lowest BCUT2D eigenvalue weighted by Crippen LogP contribution is -2.22. The molecule has 0 spiro atoms. The molecule has 1 atom stereocenters. The first kappa shape index (κ1) is 16.4. The number of benzene rings is 1. The molecule has 0 saturated heterocycles. The number of rotatable bonds is 5. The number of halogens is 1. The minimum atomic E-state index is -0.590. The number of amides is 1. The summed E-state index contributed by atoms with van der Waals surface area (Å²) in [5.41, 5.74) is 0.614. The number of aliphatic hydroxyl groups is 1. The van der Waals surface area contributed by atoms with E-state index in [1.54, 1.807) is 6.07 Å². The smallest absolute Gasteiger partial charge is 0.252 e. The molecule has 0 bridgehead atoms. The summed E-state index contributed by atoms with van der Waals surface area (Å²) in [5.74, 6) is -0.119. The first-order chi connectivity index (χ1) is 11.1. The van der Waals surface area contributed by atoms with Crippen LogP contribution in [0.4, 0.5) is 0 Å². The molecule has 0 saturated carbocycles. The number of hydrogen-bond donors (Lipinski definition) is 2. The molecule has 6 heteroatoms. The third kappa shape index (κ3) is 3.90. The van der Waals surface area contributed by atoms with Crippen molar-refractivity contribution in [1.82, 2.24) is 5.32 Å². The van der Waals surface area contributed by atoms with Crippen LogP contribution in [0.15, 0.2) is 58.4 Å². The Labute approximate surface area is 150 Å². The van der Waals surface area contributed by atoms with Gasteiger partial charge in [-0.3, -0.25) is 4.79 Å². The number of carbonyl (C=O) groups is 1. The fourth-order valence-electron chi connectivity index (χ4n) is 2.13. The predicted molar refractivity (Wildman–Crippen MR) is 98.0 cm³/mol. The molecule has 2 aromatic heterocycles. The van der Waals surface area contributed by atoms with Gasteiger partial charge < -0.3 is 10.4 Å². The van der Waals surface area contributed by atoms with E-state index in [-0.39, 0.29) is 5.91 Å². The highest BCUT2D eigenvalue weighted by molar-refractivity contribution is 9.10. The van der Waals surface area contributed by atoms with E-state index in [0.29, 0.717) is 12.1 Å². The Bertz CT molecular complexity index is 799. The van der Waals surface area contributed by atoms with Crippen LogP contribution >= 0.6 is 38.6 Å². The Morgan fingerprint density at radius 2 is 1.96 bits per heavy atom. The van der Waals surface area contributed by atoms with E-state index in [1.165, 1.54) is 22.7 Å². The summed E-state index contributed by atoms with van der Waals surface area (Å²) in [5, 5.41) is 15.2. The zero-order chi connectivity index (χ0) is 16.2. The van der Waals surface area contributed by atoms with Crippen molar-refractivity contribution in [3.8, 4) is 0 Å². The molecule has 118 valence electrons. The van der Waals surface area contributed by atoms with Gasteiger partial charge in [-0.05, 0) is 51.6 Å². The van der Waals surface area contributed by atoms with Gasteiger partial charge in [-0.15, -0.1) is 22.7 Å². The van der Waals surface area contributed by atoms with E-state index >= 15 is 0 Å². The molecule has 3 rings (SSSR count). The van der Waals surface area contributed by atoms with E-state index in [0.717, 1.165) is 19.1 Å². The highest BCUT2D eigenvalue weighted by atomic mass is 79.9. The number of nitrogens with one attached hydrogen (secondary N) is 1. The van der Waals surface area contributed by atoms with Gasteiger partial charge in [0.15, 0.2) is 0 Å². The van der Waals surface area contributed by atoms with Crippen LogP contribution in [0, 0.1) is 0 Å². The van der Waals surface area contributed by atoms with E-state index in [4.69, 9.17) is 0 Å². The molecule has 0 aliphatic carbocycles. The fraction of sp³-hybridized carbons (Fsp3) is 0.118. The Kier molecular flexibility index (Phi) is 5.27. The maximum atomic E-state index is 12.2. The van der Waals surface area contributed by atoms with E-state index in [9.17, 15) is 9.90 Å². The molecule has 2 heterocycles. The lowest BCUT2D eigenvalue weighted by Gasteiger charge is -2.06. The van der Waals surface area contributed by atoms with Gasteiger partial charge in [0.1, 0.15) is 6.10 Å². The van der Waals surface area contributed by atoms with Crippen molar-refractivity contribution in [3.05, 3.63) is 78.6 Å². The SMILES string of the molecule is O=C(NCc1ccc([C@H](O)c2cccs2)s1)c1ccccc1Br. The maximum absolute atomic E-state index is 12.2. The summed E-state index contributed by atoms with van der Waals surface area (Å²) in [6.45, 7) is 0.446. The summed E-state index contributed by atoms with van der Waals surface area (Å²) in [6, 6.07) is 15.0. The van der Waals surface area contributed by atoms with Crippen molar-refractivity contribution in [2.45, 2.75) is 12.6 Å². The van der Waals surface area contributed by atoms with Crippen LogP contribution in [0.25, 0.3) is 0 Å². The van der Waals surface area contributed by atoms with Crippen molar-refractivity contribution in [1.29, 1.82) is 0 Å². The number of hydrogen-bond acceptors (Lipinski definition) is 4. The van der Waals surface area contributed by atoms with E-state index in [2.05, 4.69) is 21.2 Å². The third-order valence-corrected chi connectivity index (χ3v) is 6.06. The van der Waals surface area contributed by atoms with E-state index in [1.807, 2.05) is 47.8 Å². The molecular formula is C17H14BrNO2S2. The molecule has 3 aromatic rings. The number of thiophene rings is 2. The van der Waals surface area contributed by atoms with Gasteiger partial charge in [0.2, 0.25) is 0 Å². The standard InChI is InChI=1S/C17H14BrNO2S2/c18-13-5-2-1-4-12(13)17(21)19-10-11-7-8-15(23-11)16(20)14-6-3-9-22-14/h1-9,16,20H,10H2,(H,19,21)/t16-/m1/s1. The van der Waals surface area contributed by atoms with Gasteiger partial charge in [0.05, 0.1) is 12.1 Å². The summed E-state index contributed by atoms with van der Waals surface area (Å²) in [7, 11) is 0. The molecule has 2 N–H and O–H groups in total. The second-order valence-corrected chi connectivity index (χ2v) is 7.92. The Balaban J connectivity index is 1.64. The van der Waals surface area contributed by atoms with Crippen LogP contribution in [0.3, 0.4) is 0 Å². The molecule has 1 amide bonds. The summed E-state index contributed by atoms with van der Waals surface area (Å²) < 4.78 is 0.775. The van der Waals surface area contributed by atoms with Gasteiger partial charge in [0.25, 0.3) is 5.91 Å². The summed E-state index contributed by atoms with van der Waals surface area (Å²) >= 11 is 6.42. The Morgan fingerprint density at radius 1 is 1.13 bits per heavy atom. The van der Waals surface area contributed by atoms with Crippen LogP contribution in [0.2, 0.25) is 0 Å². The van der Waals surface area contributed by atoms with Crippen LogP contribution in [0.1, 0.15) is 31.1 Å². The highest BCUT2D eigenvalue weighted by Gasteiger charge is 2.14. The summed E-state index contributed by atoms with van der Waals surface area (Å²) in [6.07, 6.45) is -0.590. The molecule has 3 nitrogen and oxygen atoms in total. The van der Waals surface area contributed by atoms with E-state index < -0.39 is 6.10 Å². The van der Waals surface area contributed by atoms with Crippen molar-refractivity contribution in [2.24, 2.45) is 0 Å². The summed E-state index contributed by atoms with van der Waals surface area (Å²) in [4.78, 5) is 15.0. The lowest BCUT2D eigenvalue weighted by molar-refractivity contribution is 0.0950. The average molecular weight is 408 g/mol. The lowest BCUT2D eigenvalue weighted by atomic mass is 10.2. The number of aliphatic hydroxyl groups excluding tert-OH is 1. The normalized spacial score (nSPS) is 12.1. The monoisotopic (exact) mass is 407 g/mol. The molecule has 0 fully saturated rings. The maximum Gasteiger partial charge on any atom is 0.252 e. The Morgan fingerprint density at radius 3 is 2.70 bits per heavy atom. The van der Waals surface area contributed by atoms with Gasteiger partial charge in [-0.25, -0.2) is 0 Å². The van der Waals surface area contributed by atoms with Crippen molar-refractivity contribution < 1.29 is 9.90 Å². The molecule has 0 unspecified atom stereocenters. The molecule has 23 heavy (non-hydrogen) atoms. The van der Waals surface area contributed by atoms with Crippen molar-refractivity contribution in [2.75, 3.05) is 0 Å². The highest BCUT2D eigenvalue weighted by Crippen LogP contribution is 2.30. The number of carbonyl (C=O) groups excluding carboxylic acids is 1. The van der Waals surface area contributed by atoms with Gasteiger partial charge in [0, 0.05) is 19.1 Å². The first-order valence-corrected chi connectivity index (χ1v) is 9.47. The third-order valence-electron chi connectivity index (χ3n) is 3.31. The van der Waals surface area contributed by atoms with Gasteiger partial charge >= 0.3 is 0 Å². The first-order valence-electron chi connectivity index (χ1n) is 6.98. The second-order valence-electron chi connectivity index (χ2n) is 4.88. The van der Waals surface area contributed by atoms with Crippen LogP contribution in [-0.4, -0.2) is 11.0 Å². The molecular weight excluding hydrogens is 394 g/mol. The van der Waals surface area contributed by atoms with Crippen LogP contribution in [0.5, 0.6) is 0 Å². The topological polar surface area (TPSA) is 49.3 Å². The van der Waals surface area contributed by atoms with Crippen LogP contribution < -0.4 is 5.32 Å². The molecule has 1 aromatic carbocycles. The second kappa shape index (κ2) is 7.40. The van der Waals surface area contributed by atoms with Gasteiger partial charge in [-0.1, -0.05) is 18.2 Å². The Hall–Kier alpha value is -1.47. The molecule has 0 radical (unpaired) electrons. The quantitative estimate of drug-likeness (QED) is 0.649. The fourth-order valence-corrected chi connectivity index (χ4v) is 4.36. The largest absolute Gasteiger partial charge is 0.382 e. The molecule has 0 aliphatic rings. The predicted octanol–water partition coefficient (Wildman–Crippen LogP) is 4.58. The van der Waals surface area contributed by atoms with Crippen molar-refractivity contribution in [3.63, 3.8) is 0 Å². The molecule has 0 aliphatic heterocycles. The average Bonchev–Trinajstić information content (AvgIpc) is 3.24. The zero-order valence-corrected chi connectivity index (χ0v) is 15.2. The van der Waals surface area contributed by atoms with Crippen molar-refractivity contribution >= 4 is 44.5 Å². The minimum absolute atomic E-state index is 0.119. The zero-order valence-electron chi connectivity index (χ0n) is 12.0. The van der Waals surface area contributed by atoms with Gasteiger partial charge in [-0.2, -0.15) is 0 Å². The van der Waals surface area contributed by atoms with Crippen LogP contribution in [-0.2, 0) is 6.54 Å². The minimum Gasteiger partial charge on any atom is -0.382 e.